The van der Waals surface area contributed by atoms with Crippen LogP contribution in [0, 0.1) is 13.8 Å². The Bertz CT molecular complexity index is 1210. The third-order valence-electron chi connectivity index (χ3n) is 5.59. The predicted octanol–water partition coefficient (Wildman–Crippen LogP) is 3.15. The number of carbonyl (C=O) groups excluding carboxylic acids is 6. The number of esters is 2. The molecule has 2 heterocycles. The van der Waals surface area contributed by atoms with E-state index in [4.69, 9.17) is 9.47 Å². The lowest BCUT2D eigenvalue weighted by Gasteiger charge is -2.08. The second-order valence-corrected chi connectivity index (χ2v) is 10.9. The number of nitrogens with one attached hydrogen (secondary N) is 2. The third-order valence-corrected chi connectivity index (χ3v) is 7.98. The van der Waals surface area contributed by atoms with Crippen LogP contribution in [0.2, 0.25) is 0 Å². The Morgan fingerprint density at radius 2 is 1.00 bits per heavy atom. The Morgan fingerprint density at radius 3 is 1.28 bits per heavy atom. The van der Waals surface area contributed by atoms with E-state index in [9.17, 15) is 28.8 Å². The van der Waals surface area contributed by atoms with E-state index in [0.29, 0.717) is 20.9 Å². The largest absolute Gasteiger partial charge is 0.465 e. The van der Waals surface area contributed by atoms with E-state index in [1.165, 1.54) is 24.0 Å². The van der Waals surface area contributed by atoms with E-state index in [1.54, 1.807) is 42.0 Å². The quantitative estimate of drug-likeness (QED) is 0.407. The Kier molecular flexibility index (Phi) is 10.7. The van der Waals surface area contributed by atoms with Gasteiger partial charge in [-0.3, -0.25) is 19.2 Å². The molecule has 2 aromatic rings. The fourth-order valence-electron chi connectivity index (χ4n) is 3.50. The van der Waals surface area contributed by atoms with Gasteiger partial charge in [0.15, 0.2) is 0 Å². The van der Waals surface area contributed by atoms with Gasteiger partial charge in [0.1, 0.15) is 10.0 Å². The zero-order valence-electron chi connectivity index (χ0n) is 23.1. The molecule has 4 amide bonds. The zero-order chi connectivity index (χ0) is 29.6. The molecule has 0 saturated carbocycles. The summed E-state index contributed by atoms with van der Waals surface area (Å²) in [5, 5.41) is 5.67. The molecule has 0 unspecified atom stereocenters. The van der Waals surface area contributed by atoms with Crippen LogP contribution >= 0.6 is 22.7 Å². The molecule has 0 aromatic carbocycles. The van der Waals surface area contributed by atoms with Crippen molar-refractivity contribution in [3.63, 3.8) is 0 Å². The van der Waals surface area contributed by atoms with Crippen molar-refractivity contribution >= 4 is 68.2 Å². The van der Waals surface area contributed by atoms with E-state index in [1.807, 2.05) is 0 Å². The molecule has 0 saturated heterocycles. The van der Waals surface area contributed by atoms with Crippen LogP contribution in [0.15, 0.2) is 0 Å². The second kappa shape index (κ2) is 13.3. The van der Waals surface area contributed by atoms with Crippen molar-refractivity contribution in [2.75, 3.05) is 53.0 Å². The average molecular weight is 581 g/mol. The van der Waals surface area contributed by atoms with Crippen molar-refractivity contribution in [3.8, 4) is 0 Å². The van der Waals surface area contributed by atoms with Gasteiger partial charge in [0.05, 0.1) is 35.1 Å². The first-order valence-electron chi connectivity index (χ1n) is 11.7. The van der Waals surface area contributed by atoms with Crippen molar-refractivity contribution in [2.24, 2.45) is 0 Å². The van der Waals surface area contributed by atoms with Gasteiger partial charge in [-0.1, -0.05) is 0 Å². The molecule has 0 spiro atoms. The topological polar surface area (TPSA) is 151 Å². The molecule has 0 bridgehead atoms. The maximum Gasteiger partial charge on any atom is 0.341 e. The van der Waals surface area contributed by atoms with E-state index in [-0.39, 0.29) is 52.2 Å². The van der Waals surface area contributed by atoms with Crippen molar-refractivity contribution < 1.29 is 38.2 Å². The lowest BCUT2D eigenvalue weighted by Crippen LogP contribution is -2.21. The average Bonchev–Trinajstić information content (AvgIpc) is 3.37. The lowest BCUT2D eigenvalue weighted by molar-refractivity contribution is -0.117. The number of ether oxygens (including phenoxy) is 2. The first-order valence-corrected chi connectivity index (χ1v) is 13.3. The molecule has 2 aromatic heterocycles. The van der Waals surface area contributed by atoms with Crippen LogP contribution in [0.25, 0.3) is 0 Å². The molecule has 0 aliphatic rings. The summed E-state index contributed by atoms with van der Waals surface area (Å²) in [6, 6.07) is 0. The molecule has 0 aliphatic heterocycles. The van der Waals surface area contributed by atoms with Crippen LogP contribution in [-0.2, 0) is 19.1 Å². The maximum absolute atomic E-state index is 12.6. The maximum atomic E-state index is 12.6. The van der Waals surface area contributed by atoms with Crippen LogP contribution in [-0.4, -0.2) is 87.8 Å². The summed E-state index contributed by atoms with van der Waals surface area (Å²) in [5.41, 5.74) is 1.01. The Hall–Kier alpha value is -3.78. The number of methoxy groups -OCH3 is 2. The monoisotopic (exact) mass is 580 g/mol. The molecule has 0 fully saturated rings. The summed E-state index contributed by atoms with van der Waals surface area (Å²) < 4.78 is 9.63. The summed E-state index contributed by atoms with van der Waals surface area (Å²) in [6.45, 7) is 3.21. The zero-order valence-corrected chi connectivity index (χ0v) is 24.7. The fraction of sp³-hybridized carbons (Fsp3) is 0.440. The molecule has 2 rings (SSSR count). The van der Waals surface area contributed by atoms with Crippen LogP contribution in [0.1, 0.15) is 70.4 Å². The number of anilines is 2. The van der Waals surface area contributed by atoms with Crippen LogP contribution in [0.5, 0.6) is 0 Å². The predicted molar refractivity (Wildman–Crippen MR) is 148 cm³/mol. The van der Waals surface area contributed by atoms with Crippen LogP contribution in [0.3, 0.4) is 0 Å². The van der Waals surface area contributed by atoms with Gasteiger partial charge in [0.2, 0.25) is 11.8 Å². The van der Waals surface area contributed by atoms with Gasteiger partial charge in [-0.15, -0.1) is 22.7 Å². The number of hydrogen-bond donors (Lipinski definition) is 2. The normalized spacial score (nSPS) is 10.5. The summed E-state index contributed by atoms with van der Waals surface area (Å²) in [5.74, 6) is -2.92. The number of carbonyl (C=O) groups is 6. The van der Waals surface area contributed by atoms with Gasteiger partial charge in [0.25, 0.3) is 11.8 Å². The number of nitrogens with zero attached hydrogens (tertiary/aromatic N) is 2. The highest BCUT2D eigenvalue weighted by Gasteiger charge is 2.28. The highest BCUT2D eigenvalue weighted by molar-refractivity contribution is 7.19. The van der Waals surface area contributed by atoms with E-state index >= 15 is 0 Å². The van der Waals surface area contributed by atoms with Gasteiger partial charge in [-0.05, 0) is 31.4 Å². The lowest BCUT2D eigenvalue weighted by atomic mass is 10.1. The standard InChI is InChI=1S/C25H32N4O8S2/c1-12-16(24(34)36-7)20(38-18(12)22(32)28(3)4)26-14(30)10-9-11-15(31)27-21-17(25(35)37-8)13(2)19(39-21)23(33)29(5)6/h9-11H2,1-8H3,(H,26,30)(H,27,31). The molecular formula is C25H32N4O8S2. The number of thiophene rings is 2. The molecule has 39 heavy (non-hydrogen) atoms. The van der Waals surface area contributed by atoms with Crippen molar-refractivity contribution in [2.45, 2.75) is 33.1 Å². The third kappa shape index (κ3) is 7.20. The molecule has 212 valence electrons. The first kappa shape index (κ1) is 31.4. The Morgan fingerprint density at radius 1 is 0.667 bits per heavy atom. The van der Waals surface area contributed by atoms with Gasteiger partial charge < -0.3 is 29.9 Å². The van der Waals surface area contributed by atoms with Gasteiger partial charge in [-0.2, -0.15) is 0 Å². The van der Waals surface area contributed by atoms with E-state index in [0.717, 1.165) is 22.7 Å². The molecule has 0 aliphatic carbocycles. The molecule has 0 atom stereocenters. The van der Waals surface area contributed by atoms with Crippen LogP contribution < -0.4 is 10.6 Å². The summed E-state index contributed by atoms with van der Waals surface area (Å²) >= 11 is 1.95. The second-order valence-electron chi connectivity index (χ2n) is 8.85. The summed E-state index contributed by atoms with van der Waals surface area (Å²) in [4.78, 5) is 78.2. The fourth-order valence-corrected chi connectivity index (χ4v) is 5.97. The summed E-state index contributed by atoms with van der Waals surface area (Å²) in [7, 11) is 8.73. The van der Waals surface area contributed by atoms with Crippen molar-refractivity contribution in [3.05, 3.63) is 32.0 Å². The number of hydrogen-bond acceptors (Lipinski definition) is 10. The van der Waals surface area contributed by atoms with Crippen molar-refractivity contribution in [1.82, 2.24) is 9.80 Å². The van der Waals surface area contributed by atoms with Gasteiger partial charge >= 0.3 is 11.9 Å². The number of rotatable bonds is 10. The SMILES string of the molecule is COC(=O)c1c(NC(=O)CCCC(=O)Nc2sc(C(=O)N(C)C)c(C)c2C(=O)OC)sc(C(=O)N(C)C)c1C. The molecular weight excluding hydrogens is 548 g/mol. The van der Waals surface area contributed by atoms with E-state index in [2.05, 4.69) is 10.6 Å². The molecule has 0 radical (unpaired) electrons. The van der Waals surface area contributed by atoms with Crippen molar-refractivity contribution in [1.29, 1.82) is 0 Å². The number of amides is 4. The molecule has 12 nitrogen and oxygen atoms in total. The molecule has 2 N–H and O–H groups in total. The highest BCUT2D eigenvalue weighted by Crippen LogP contribution is 2.35. The first-order chi connectivity index (χ1) is 18.2. The summed E-state index contributed by atoms with van der Waals surface area (Å²) in [6.07, 6.45) is 0.0414. The Balaban J connectivity index is 2.10. The minimum atomic E-state index is -0.684. The van der Waals surface area contributed by atoms with Gasteiger partial charge in [0, 0.05) is 41.0 Å². The van der Waals surface area contributed by atoms with Gasteiger partial charge in [-0.25, -0.2) is 9.59 Å². The molecule has 14 heteroatoms. The van der Waals surface area contributed by atoms with Crippen LogP contribution in [0.4, 0.5) is 10.0 Å². The minimum Gasteiger partial charge on any atom is -0.465 e. The minimum absolute atomic E-state index is 0.0559. The van der Waals surface area contributed by atoms with E-state index < -0.39 is 23.8 Å². The Labute approximate surface area is 234 Å². The smallest absolute Gasteiger partial charge is 0.341 e. The highest BCUT2D eigenvalue weighted by atomic mass is 32.1.